The number of rotatable bonds is 0. The predicted octanol–water partition coefficient (Wildman–Crippen LogP) is -0.392. The van der Waals surface area contributed by atoms with Gasteiger partial charge in [-0.15, -0.1) is 4.48 Å². The molecule has 0 bridgehead atoms. The molecule has 7 heavy (non-hydrogen) atoms. The van der Waals surface area contributed by atoms with Crippen molar-refractivity contribution in [3.63, 3.8) is 0 Å². The average Bonchev–Trinajstić information content (AvgIpc) is 1.87. The molecule has 0 aromatic rings. The number of halogens is 1. The molecule has 1 amide bonds. The molecule has 0 radical (unpaired) electrons. The molecular formula is C3H5FN2O. The summed E-state index contributed by atoms with van der Waals surface area (Å²) in [7, 11) is 0. The van der Waals surface area contributed by atoms with Crippen molar-refractivity contribution in [3.05, 3.63) is 0 Å². The van der Waals surface area contributed by atoms with Gasteiger partial charge in [-0.2, -0.15) is 0 Å². The molecular weight excluding hydrogens is 99.0 g/mol. The van der Waals surface area contributed by atoms with Crippen molar-refractivity contribution < 1.29 is 9.28 Å². The van der Waals surface area contributed by atoms with Crippen molar-refractivity contribution >= 4 is 5.91 Å². The molecule has 3 nitrogen and oxygen atoms in total. The normalized spacial score (nSPS) is 22.7. The first-order chi connectivity index (χ1) is 3.29. The summed E-state index contributed by atoms with van der Waals surface area (Å²) in [6, 6.07) is 0. The Balaban J connectivity index is 2.40. The first-order valence-electron chi connectivity index (χ1n) is 2.02. The lowest BCUT2D eigenvalue weighted by Gasteiger charge is -1.95. The van der Waals surface area contributed by atoms with Crippen LogP contribution >= 0.6 is 0 Å². The van der Waals surface area contributed by atoms with E-state index >= 15 is 0 Å². The summed E-state index contributed by atoms with van der Waals surface area (Å²) in [4.78, 5) is 10.1. The first kappa shape index (κ1) is 4.52. The number of carbonyl (C=O) groups is 1. The maximum atomic E-state index is 11.7. The highest BCUT2D eigenvalue weighted by Gasteiger charge is 2.16. The molecule has 1 fully saturated rings. The van der Waals surface area contributed by atoms with Gasteiger partial charge >= 0.3 is 0 Å². The van der Waals surface area contributed by atoms with Crippen LogP contribution in [0.5, 0.6) is 0 Å². The molecule has 40 valence electrons. The van der Waals surface area contributed by atoms with E-state index in [2.05, 4.69) is 0 Å². The quantitative estimate of drug-likeness (QED) is 0.424. The summed E-state index contributed by atoms with van der Waals surface area (Å²) in [6.45, 7) is 0.179. The summed E-state index contributed by atoms with van der Waals surface area (Å²) in [6.07, 6.45) is 0.274. The lowest BCUT2D eigenvalue weighted by molar-refractivity contribution is -0.124. The van der Waals surface area contributed by atoms with Crippen molar-refractivity contribution in [1.82, 2.24) is 10.7 Å². The van der Waals surface area contributed by atoms with Gasteiger partial charge in [0.15, 0.2) is 0 Å². The average molecular weight is 104 g/mol. The Hall–Kier alpha value is -0.640. The fraction of sp³-hybridized carbons (Fsp3) is 0.667. The molecule has 1 saturated heterocycles. The summed E-state index contributed by atoms with van der Waals surface area (Å²) in [5.74, 6) is -0.248. The van der Waals surface area contributed by atoms with Crippen LogP contribution < -0.4 is 5.43 Å². The Kier molecular flexibility index (Phi) is 0.941. The van der Waals surface area contributed by atoms with E-state index in [9.17, 15) is 9.28 Å². The Bertz CT molecular complexity index is 94.9. The Morgan fingerprint density at radius 2 is 2.57 bits per heavy atom. The van der Waals surface area contributed by atoms with E-state index in [1.54, 1.807) is 0 Å². The van der Waals surface area contributed by atoms with E-state index in [0.717, 1.165) is 0 Å². The summed E-state index contributed by atoms with van der Waals surface area (Å²) in [5.41, 5.74) is 1.94. The maximum absolute atomic E-state index is 11.7. The molecule has 1 N–H and O–H groups in total. The van der Waals surface area contributed by atoms with Crippen LogP contribution in [0.1, 0.15) is 6.42 Å². The van der Waals surface area contributed by atoms with E-state index in [4.69, 9.17) is 0 Å². The van der Waals surface area contributed by atoms with Crippen molar-refractivity contribution in [2.75, 3.05) is 6.54 Å². The van der Waals surface area contributed by atoms with Crippen molar-refractivity contribution in [3.8, 4) is 0 Å². The van der Waals surface area contributed by atoms with E-state index < -0.39 is 0 Å². The highest BCUT2D eigenvalue weighted by molar-refractivity contribution is 5.76. The topological polar surface area (TPSA) is 32.3 Å². The minimum atomic E-state index is -0.248. The van der Waals surface area contributed by atoms with Gasteiger partial charge < -0.3 is 0 Å². The fourth-order valence-electron chi connectivity index (χ4n) is 0.447. The molecule has 0 aromatic carbocycles. The lowest BCUT2D eigenvalue weighted by Crippen LogP contribution is -2.24. The van der Waals surface area contributed by atoms with Crippen LogP contribution in [0, 0.1) is 0 Å². The Labute approximate surface area is 40.0 Å². The molecule has 0 atom stereocenters. The van der Waals surface area contributed by atoms with Gasteiger partial charge in [0.05, 0.1) is 6.54 Å². The highest BCUT2D eigenvalue weighted by atomic mass is 19.2. The number of hydrazine groups is 1. The zero-order valence-electron chi connectivity index (χ0n) is 3.65. The fourth-order valence-corrected chi connectivity index (χ4v) is 0.447. The number of hydrogen-bond acceptors (Lipinski definition) is 2. The van der Waals surface area contributed by atoms with Gasteiger partial charge in [-0.05, 0) is 0 Å². The standard InChI is InChI=1S/C3H5FN2O/c4-6-2-1-3(7)5-6/h1-2H2,(H,5,7). The molecule has 4 heteroatoms. The van der Waals surface area contributed by atoms with Crippen LogP contribution in [0.15, 0.2) is 0 Å². The van der Waals surface area contributed by atoms with E-state index in [-0.39, 0.29) is 24.1 Å². The molecule has 1 aliphatic heterocycles. The van der Waals surface area contributed by atoms with E-state index in [1.807, 2.05) is 5.43 Å². The Morgan fingerprint density at radius 3 is 2.71 bits per heavy atom. The van der Waals surface area contributed by atoms with E-state index in [0.29, 0.717) is 0 Å². The van der Waals surface area contributed by atoms with Crippen molar-refractivity contribution in [2.24, 2.45) is 0 Å². The monoisotopic (exact) mass is 104 g/mol. The number of nitrogens with zero attached hydrogens (tertiary/aromatic N) is 1. The van der Waals surface area contributed by atoms with Crippen LogP contribution in [-0.4, -0.2) is 17.7 Å². The molecule has 1 aliphatic rings. The third kappa shape index (κ3) is 0.866. The van der Waals surface area contributed by atoms with Gasteiger partial charge in [-0.3, -0.25) is 10.2 Å². The van der Waals surface area contributed by atoms with Crippen molar-refractivity contribution in [2.45, 2.75) is 6.42 Å². The molecule has 0 saturated carbocycles. The minimum absolute atomic E-state index is 0.179. The van der Waals surface area contributed by atoms with Gasteiger partial charge in [0.2, 0.25) is 5.91 Å². The predicted molar refractivity (Wildman–Crippen MR) is 20.6 cm³/mol. The second-order valence-corrected chi connectivity index (χ2v) is 1.37. The molecule has 0 aliphatic carbocycles. The smallest absolute Gasteiger partial charge is 0.237 e. The van der Waals surface area contributed by atoms with Gasteiger partial charge in [0.1, 0.15) is 0 Å². The van der Waals surface area contributed by atoms with Crippen LogP contribution in [0.25, 0.3) is 0 Å². The minimum Gasteiger partial charge on any atom is -0.274 e. The van der Waals surface area contributed by atoms with Gasteiger partial charge in [-0.1, -0.05) is 5.23 Å². The third-order valence-electron chi connectivity index (χ3n) is 0.781. The van der Waals surface area contributed by atoms with Gasteiger partial charge in [0, 0.05) is 6.42 Å². The van der Waals surface area contributed by atoms with Crippen LogP contribution in [0.2, 0.25) is 0 Å². The van der Waals surface area contributed by atoms with Gasteiger partial charge in [0.25, 0.3) is 0 Å². The molecule has 0 unspecified atom stereocenters. The summed E-state index contributed by atoms with van der Waals surface area (Å²) < 4.78 is 11.7. The lowest BCUT2D eigenvalue weighted by atomic mass is 10.5. The highest BCUT2D eigenvalue weighted by Crippen LogP contribution is 1.95. The molecule has 1 heterocycles. The zero-order valence-corrected chi connectivity index (χ0v) is 3.65. The largest absolute Gasteiger partial charge is 0.274 e. The number of hydrogen-bond donors (Lipinski definition) is 1. The zero-order chi connectivity index (χ0) is 5.28. The summed E-state index contributed by atoms with van der Waals surface area (Å²) in [5, 5.41) is 0.280. The second kappa shape index (κ2) is 1.46. The van der Waals surface area contributed by atoms with Crippen LogP contribution in [-0.2, 0) is 4.79 Å². The number of carbonyl (C=O) groups excluding carboxylic acids is 1. The maximum Gasteiger partial charge on any atom is 0.237 e. The van der Waals surface area contributed by atoms with Crippen LogP contribution in [0.4, 0.5) is 4.48 Å². The SMILES string of the molecule is O=C1CCN(F)N1. The third-order valence-corrected chi connectivity index (χ3v) is 0.781. The van der Waals surface area contributed by atoms with Gasteiger partial charge in [-0.25, -0.2) is 0 Å². The number of amides is 1. The van der Waals surface area contributed by atoms with E-state index in [1.165, 1.54) is 0 Å². The van der Waals surface area contributed by atoms with Crippen molar-refractivity contribution in [1.29, 1.82) is 0 Å². The first-order valence-corrected chi connectivity index (χ1v) is 2.02. The summed E-state index contributed by atoms with van der Waals surface area (Å²) >= 11 is 0. The molecule has 1 rings (SSSR count). The molecule has 0 spiro atoms. The second-order valence-electron chi connectivity index (χ2n) is 1.37. The Morgan fingerprint density at radius 1 is 1.86 bits per heavy atom. The molecule has 0 aromatic heterocycles. The van der Waals surface area contributed by atoms with Crippen LogP contribution in [0.3, 0.4) is 0 Å². The number of nitrogens with one attached hydrogen (secondary N) is 1.